The lowest BCUT2D eigenvalue weighted by molar-refractivity contribution is 0.0686. The van der Waals surface area contributed by atoms with Crippen LogP contribution < -0.4 is 0 Å². The fourth-order valence-corrected chi connectivity index (χ4v) is 0.859. The van der Waals surface area contributed by atoms with E-state index in [1.54, 1.807) is 6.92 Å². The molecular weight excluding hydrogens is 149 g/mol. The molecule has 1 aromatic rings. The largest absolute Gasteiger partial charge is 0.476 e. The molecule has 0 aliphatic carbocycles. The van der Waals surface area contributed by atoms with E-state index in [1.807, 2.05) is 0 Å². The average molecular weight is 157 g/mol. The van der Waals surface area contributed by atoms with E-state index in [4.69, 9.17) is 5.11 Å². The SMILES string of the molecule is CCc1c[nH]c(C(=O)O)c1F. The first-order valence-corrected chi connectivity index (χ1v) is 3.25. The lowest BCUT2D eigenvalue weighted by atomic mass is 10.2. The van der Waals surface area contributed by atoms with Gasteiger partial charge in [0.2, 0.25) is 0 Å². The van der Waals surface area contributed by atoms with Crippen LogP contribution in [0.4, 0.5) is 4.39 Å². The first-order chi connectivity index (χ1) is 5.16. The quantitative estimate of drug-likeness (QED) is 0.682. The summed E-state index contributed by atoms with van der Waals surface area (Å²) < 4.78 is 12.9. The van der Waals surface area contributed by atoms with E-state index in [0.717, 1.165) is 0 Å². The van der Waals surface area contributed by atoms with Crippen molar-refractivity contribution in [1.82, 2.24) is 4.98 Å². The molecule has 0 saturated carbocycles. The van der Waals surface area contributed by atoms with Crippen LogP contribution in [-0.2, 0) is 6.42 Å². The molecule has 11 heavy (non-hydrogen) atoms. The Morgan fingerprint density at radius 1 is 1.82 bits per heavy atom. The molecule has 0 aliphatic heterocycles. The molecule has 0 radical (unpaired) electrons. The lowest BCUT2D eigenvalue weighted by Crippen LogP contribution is -1.99. The number of aromatic nitrogens is 1. The molecular formula is C7H8FNO2. The molecule has 0 fully saturated rings. The van der Waals surface area contributed by atoms with Gasteiger partial charge in [0.25, 0.3) is 0 Å². The topological polar surface area (TPSA) is 53.1 Å². The summed E-state index contributed by atoms with van der Waals surface area (Å²) in [5.41, 5.74) is 0.0456. The van der Waals surface area contributed by atoms with Crippen LogP contribution in [0, 0.1) is 5.82 Å². The number of H-pyrrole nitrogens is 1. The summed E-state index contributed by atoms with van der Waals surface area (Å²) >= 11 is 0. The van der Waals surface area contributed by atoms with Gasteiger partial charge in [0.1, 0.15) is 0 Å². The number of rotatable bonds is 2. The zero-order chi connectivity index (χ0) is 8.43. The number of aromatic amines is 1. The highest BCUT2D eigenvalue weighted by Crippen LogP contribution is 2.11. The summed E-state index contributed by atoms with van der Waals surface area (Å²) in [6.07, 6.45) is 1.87. The van der Waals surface area contributed by atoms with Crippen molar-refractivity contribution in [2.75, 3.05) is 0 Å². The Kier molecular flexibility index (Phi) is 1.94. The number of carboxylic acids is 1. The summed E-state index contributed by atoms with van der Waals surface area (Å²) in [6.45, 7) is 1.76. The van der Waals surface area contributed by atoms with Crippen molar-refractivity contribution in [1.29, 1.82) is 0 Å². The Hall–Kier alpha value is -1.32. The fraction of sp³-hybridized carbons (Fsp3) is 0.286. The van der Waals surface area contributed by atoms with Crippen molar-refractivity contribution >= 4 is 5.97 Å². The van der Waals surface area contributed by atoms with Crippen LogP contribution in [0.2, 0.25) is 0 Å². The maximum atomic E-state index is 12.9. The van der Waals surface area contributed by atoms with Crippen molar-refractivity contribution in [2.45, 2.75) is 13.3 Å². The molecule has 0 unspecified atom stereocenters. The standard InChI is InChI=1S/C7H8FNO2/c1-2-4-3-9-6(5(4)8)7(10)11/h3,9H,2H2,1H3,(H,10,11). The molecule has 1 heterocycles. The van der Waals surface area contributed by atoms with Crippen molar-refractivity contribution in [2.24, 2.45) is 0 Å². The Labute approximate surface area is 62.9 Å². The van der Waals surface area contributed by atoms with E-state index in [0.29, 0.717) is 12.0 Å². The minimum atomic E-state index is -1.26. The predicted octanol–water partition coefficient (Wildman–Crippen LogP) is 1.41. The Bertz CT molecular complexity index is 280. The minimum Gasteiger partial charge on any atom is -0.476 e. The van der Waals surface area contributed by atoms with E-state index in [1.165, 1.54) is 6.20 Å². The predicted molar refractivity (Wildman–Crippen MR) is 37.1 cm³/mol. The summed E-state index contributed by atoms with van der Waals surface area (Å²) in [6, 6.07) is 0. The van der Waals surface area contributed by atoms with Gasteiger partial charge in [-0.15, -0.1) is 0 Å². The first kappa shape index (κ1) is 7.78. The molecule has 2 N–H and O–H groups in total. The zero-order valence-electron chi connectivity index (χ0n) is 6.02. The van der Waals surface area contributed by atoms with Crippen molar-refractivity contribution in [3.05, 3.63) is 23.3 Å². The van der Waals surface area contributed by atoms with Crippen LogP contribution in [0.25, 0.3) is 0 Å². The van der Waals surface area contributed by atoms with Crippen LogP contribution in [0.5, 0.6) is 0 Å². The summed E-state index contributed by atoms with van der Waals surface area (Å²) in [5.74, 6) is -1.91. The van der Waals surface area contributed by atoms with Crippen molar-refractivity contribution in [3.8, 4) is 0 Å². The maximum absolute atomic E-state index is 12.9. The molecule has 0 aliphatic rings. The molecule has 1 rings (SSSR count). The van der Waals surface area contributed by atoms with Gasteiger partial charge in [0.15, 0.2) is 11.5 Å². The maximum Gasteiger partial charge on any atom is 0.355 e. The summed E-state index contributed by atoms with van der Waals surface area (Å²) in [5, 5.41) is 8.40. The van der Waals surface area contributed by atoms with Gasteiger partial charge in [-0.1, -0.05) is 6.92 Å². The van der Waals surface area contributed by atoms with E-state index < -0.39 is 11.8 Å². The molecule has 0 amide bonds. The normalized spacial score (nSPS) is 10.0. The van der Waals surface area contributed by atoms with Gasteiger partial charge < -0.3 is 10.1 Å². The lowest BCUT2D eigenvalue weighted by Gasteiger charge is -1.89. The van der Waals surface area contributed by atoms with Crippen molar-refractivity contribution in [3.63, 3.8) is 0 Å². The number of carboxylic acid groups (broad SMARTS) is 1. The second-order valence-electron chi connectivity index (χ2n) is 2.16. The Balaban J connectivity index is 3.10. The van der Waals surface area contributed by atoms with Gasteiger partial charge in [-0.05, 0) is 6.42 Å². The van der Waals surface area contributed by atoms with Crippen LogP contribution in [0.15, 0.2) is 6.20 Å². The number of nitrogens with one attached hydrogen (secondary N) is 1. The summed E-state index contributed by atoms with van der Waals surface area (Å²) in [4.78, 5) is 12.6. The number of aromatic carboxylic acids is 1. The highest BCUT2D eigenvalue weighted by atomic mass is 19.1. The average Bonchev–Trinajstić information content (AvgIpc) is 2.30. The highest BCUT2D eigenvalue weighted by Gasteiger charge is 2.14. The molecule has 1 aromatic heterocycles. The van der Waals surface area contributed by atoms with Gasteiger partial charge in [0.05, 0.1) is 0 Å². The third kappa shape index (κ3) is 1.24. The molecule has 3 nitrogen and oxygen atoms in total. The van der Waals surface area contributed by atoms with E-state index in [9.17, 15) is 9.18 Å². The minimum absolute atomic E-state index is 0.359. The molecule has 0 atom stereocenters. The number of hydrogen-bond acceptors (Lipinski definition) is 1. The highest BCUT2D eigenvalue weighted by molar-refractivity contribution is 5.86. The van der Waals surface area contributed by atoms with Gasteiger partial charge in [-0.3, -0.25) is 0 Å². The molecule has 0 bridgehead atoms. The van der Waals surface area contributed by atoms with Crippen LogP contribution in [-0.4, -0.2) is 16.1 Å². The number of halogens is 1. The third-order valence-corrected chi connectivity index (χ3v) is 1.49. The van der Waals surface area contributed by atoms with Crippen LogP contribution >= 0.6 is 0 Å². The van der Waals surface area contributed by atoms with E-state index >= 15 is 0 Å². The van der Waals surface area contributed by atoms with Crippen LogP contribution in [0.1, 0.15) is 23.0 Å². The molecule has 0 saturated heterocycles. The van der Waals surface area contributed by atoms with Gasteiger partial charge in [0, 0.05) is 11.8 Å². The number of carbonyl (C=O) groups is 1. The second kappa shape index (κ2) is 2.74. The smallest absolute Gasteiger partial charge is 0.355 e. The zero-order valence-corrected chi connectivity index (χ0v) is 6.02. The first-order valence-electron chi connectivity index (χ1n) is 3.25. The molecule has 4 heteroatoms. The fourth-order valence-electron chi connectivity index (χ4n) is 0.859. The molecule has 0 aromatic carbocycles. The molecule has 0 spiro atoms. The monoisotopic (exact) mass is 157 g/mol. The third-order valence-electron chi connectivity index (χ3n) is 1.49. The van der Waals surface area contributed by atoms with Gasteiger partial charge >= 0.3 is 5.97 Å². The second-order valence-corrected chi connectivity index (χ2v) is 2.16. The van der Waals surface area contributed by atoms with Gasteiger partial charge in [-0.2, -0.15) is 0 Å². The Morgan fingerprint density at radius 3 is 2.73 bits per heavy atom. The Morgan fingerprint density at radius 2 is 2.45 bits per heavy atom. The van der Waals surface area contributed by atoms with Crippen molar-refractivity contribution < 1.29 is 14.3 Å². The molecule has 60 valence electrons. The van der Waals surface area contributed by atoms with E-state index in [-0.39, 0.29) is 5.69 Å². The number of hydrogen-bond donors (Lipinski definition) is 2. The summed E-state index contributed by atoms with van der Waals surface area (Å²) in [7, 11) is 0. The van der Waals surface area contributed by atoms with Crippen LogP contribution in [0.3, 0.4) is 0 Å². The van der Waals surface area contributed by atoms with E-state index in [2.05, 4.69) is 4.98 Å². The number of aryl methyl sites for hydroxylation is 1. The van der Waals surface area contributed by atoms with Gasteiger partial charge in [-0.25, -0.2) is 9.18 Å².